The average Bonchev–Trinajstić information content (AvgIpc) is 3.12. The number of esters is 1. The van der Waals surface area contributed by atoms with Gasteiger partial charge in [0.15, 0.2) is 17.2 Å². The fraction of sp³-hybridized carbons (Fsp3) is 0.267. The van der Waals surface area contributed by atoms with Crippen LogP contribution in [0.15, 0.2) is 30.6 Å². The Morgan fingerprint density at radius 3 is 2.75 bits per heavy atom. The number of nitrogens with one attached hydrogen (secondary N) is 1. The Morgan fingerprint density at radius 2 is 2.08 bits per heavy atom. The number of rotatable bonds is 3. The number of hydrogen-bond donors (Lipinski definition) is 1. The smallest absolute Gasteiger partial charge is 0.359 e. The van der Waals surface area contributed by atoms with E-state index < -0.39 is 17.5 Å². The van der Waals surface area contributed by atoms with Crippen LogP contribution in [0.5, 0.6) is 0 Å². The Bertz CT molecular complexity index is 896. The largest absolute Gasteiger partial charge is 0.455 e. The van der Waals surface area contributed by atoms with Gasteiger partial charge in [0, 0.05) is 6.20 Å². The number of amides is 1. The third-order valence-corrected chi connectivity index (χ3v) is 3.43. The Morgan fingerprint density at radius 1 is 1.29 bits per heavy atom. The van der Waals surface area contributed by atoms with E-state index in [1.807, 2.05) is 0 Å². The van der Waals surface area contributed by atoms with Crippen molar-refractivity contribution in [2.75, 3.05) is 5.32 Å². The average molecular weight is 345 g/mol. The SMILES string of the molecule is CC(C)(C)OC(=O)c1c(NC(=O)c2cnsn2)nc2ccccn12. The molecule has 0 aliphatic carbocycles. The molecule has 0 aliphatic heterocycles. The van der Waals surface area contributed by atoms with E-state index >= 15 is 0 Å². The fourth-order valence-electron chi connectivity index (χ4n) is 2.04. The molecule has 0 aromatic carbocycles. The van der Waals surface area contributed by atoms with Gasteiger partial charge in [-0.05, 0) is 32.9 Å². The molecular formula is C15H15N5O3S. The molecule has 8 nitrogen and oxygen atoms in total. The molecule has 1 N–H and O–H groups in total. The highest BCUT2D eigenvalue weighted by molar-refractivity contribution is 6.99. The van der Waals surface area contributed by atoms with Gasteiger partial charge in [0.2, 0.25) is 0 Å². The van der Waals surface area contributed by atoms with Crippen LogP contribution in [0.3, 0.4) is 0 Å². The van der Waals surface area contributed by atoms with E-state index in [-0.39, 0.29) is 17.2 Å². The Labute approximate surface area is 141 Å². The summed E-state index contributed by atoms with van der Waals surface area (Å²) in [5, 5.41) is 2.60. The van der Waals surface area contributed by atoms with Crippen LogP contribution in [0.2, 0.25) is 0 Å². The van der Waals surface area contributed by atoms with Gasteiger partial charge in [0.1, 0.15) is 11.2 Å². The first-order chi connectivity index (χ1) is 11.3. The molecule has 3 rings (SSSR count). The monoisotopic (exact) mass is 345 g/mol. The number of anilines is 1. The summed E-state index contributed by atoms with van der Waals surface area (Å²) in [6.45, 7) is 5.31. The van der Waals surface area contributed by atoms with E-state index in [0.717, 1.165) is 11.7 Å². The summed E-state index contributed by atoms with van der Waals surface area (Å²) < 4.78 is 14.7. The molecule has 3 heterocycles. The van der Waals surface area contributed by atoms with E-state index in [2.05, 4.69) is 19.0 Å². The fourth-order valence-corrected chi connectivity index (χ4v) is 2.45. The molecule has 1 amide bonds. The predicted octanol–water partition coefficient (Wildman–Crippen LogP) is 2.39. The second-order valence-electron chi connectivity index (χ2n) is 5.99. The number of aromatic nitrogens is 4. The molecular weight excluding hydrogens is 330 g/mol. The minimum Gasteiger partial charge on any atom is -0.455 e. The molecule has 0 bridgehead atoms. The number of ether oxygens (including phenoxy) is 1. The van der Waals surface area contributed by atoms with Crippen LogP contribution in [0, 0.1) is 0 Å². The van der Waals surface area contributed by atoms with Gasteiger partial charge in [-0.25, -0.2) is 9.78 Å². The van der Waals surface area contributed by atoms with E-state index in [1.165, 1.54) is 6.20 Å². The number of fused-ring (bicyclic) bond motifs is 1. The lowest BCUT2D eigenvalue weighted by Gasteiger charge is -2.19. The summed E-state index contributed by atoms with van der Waals surface area (Å²) in [4.78, 5) is 29.1. The van der Waals surface area contributed by atoms with Gasteiger partial charge in [-0.3, -0.25) is 9.20 Å². The van der Waals surface area contributed by atoms with E-state index in [1.54, 1.807) is 49.6 Å². The minimum atomic E-state index is -0.671. The topological polar surface area (TPSA) is 98.5 Å². The van der Waals surface area contributed by atoms with Crippen LogP contribution in [0.25, 0.3) is 5.65 Å². The first kappa shape index (κ1) is 16.1. The summed E-state index contributed by atoms with van der Waals surface area (Å²) in [7, 11) is 0. The van der Waals surface area contributed by atoms with E-state index in [0.29, 0.717) is 5.65 Å². The molecule has 0 spiro atoms. The van der Waals surface area contributed by atoms with E-state index in [9.17, 15) is 9.59 Å². The van der Waals surface area contributed by atoms with Crippen molar-refractivity contribution >= 4 is 35.1 Å². The number of hydrogen-bond acceptors (Lipinski definition) is 7. The summed E-state index contributed by atoms with van der Waals surface area (Å²) in [6, 6.07) is 5.28. The zero-order chi connectivity index (χ0) is 17.3. The van der Waals surface area contributed by atoms with Crippen LogP contribution < -0.4 is 5.32 Å². The highest BCUT2D eigenvalue weighted by atomic mass is 32.1. The van der Waals surface area contributed by atoms with Gasteiger partial charge in [-0.2, -0.15) is 8.75 Å². The number of imidazole rings is 1. The van der Waals surface area contributed by atoms with Crippen molar-refractivity contribution in [2.24, 2.45) is 0 Å². The molecule has 24 heavy (non-hydrogen) atoms. The Balaban J connectivity index is 2.02. The first-order valence-corrected chi connectivity index (χ1v) is 7.87. The number of carbonyl (C=O) groups is 2. The molecule has 0 radical (unpaired) electrons. The zero-order valence-corrected chi connectivity index (χ0v) is 14.1. The lowest BCUT2D eigenvalue weighted by Crippen LogP contribution is -2.26. The molecule has 3 aromatic heterocycles. The molecule has 0 saturated heterocycles. The normalized spacial score (nSPS) is 11.5. The van der Waals surface area contributed by atoms with Crippen molar-refractivity contribution in [1.29, 1.82) is 0 Å². The standard InChI is InChI=1S/C15H15N5O3S/c1-15(2,3)23-14(22)11-12(17-10-6-4-5-7-20(10)11)18-13(21)9-8-16-24-19-9/h4-8H,1-3H3,(H,18,21). The minimum absolute atomic E-state index is 0.119. The molecule has 0 unspecified atom stereocenters. The third kappa shape index (κ3) is 3.25. The number of carbonyl (C=O) groups excluding carboxylic acids is 2. The Kier molecular flexibility index (Phi) is 4.02. The highest BCUT2D eigenvalue weighted by Gasteiger charge is 2.26. The molecule has 0 aliphatic rings. The maximum atomic E-state index is 12.6. The van der Waals surface area contributed by atoms with Crippen LogP contribution in [-0.2, 0) is 4.74 Å². The van der Waals surface area contributed by atoms with Crippen LogP contribution in [0.1, 0.15) is 41.7 Å². The summed E-state index contributed by atoms with van der Waals surface area (Å²) in [5.74, 6) is -0.946. The van der Waals surface area contributed by atoms with Crippen molar-refractivity contribution in [1.82, 2.24) is 18.1 Å². The summed E-state index contributed by atoms with van der Waals surface area (Å²) >= 11 is 0.924. The maximum Gasteiger partial charge on any atom is 0.359 e. The quantitative estimate of drug-likeness (QED) is 0.732. The van der Waals surface area contributed by atoms with Crippen LogP contribution >= 0.6 is 11.7 Å². The van der Waals surface area contributed by atoms with Crippen molar-refractivity contribution in [3.63, 3.8) is 0 Å². The van der Waals surface area contributed by atoms with Crippen LogP contribution in [0.4, 0.5) is 5.82 Å². The van der Waals surface area contributed by atoms with Crippen molar-refractivity contribution in [2.45, 2.75) is 26.4 Å². The van der Waals surface area contributed by atoms with Gasteiger partial charge in [-0.1, -0.05) is 6.07 Å². The van der Waals surface area contributed by atoms with Crippen molar-refractivity contribution in [3.8, 4) is 0 Å². The van der Waals surface area contributed by atoms with Gasteiger partial charge in [0.25, 0.3) is 5.91 Å². The predicted molar refractivity (Wildman–Crippen MR) is 88.2 cm³/mol. The first-order valence-electron chi connectivity index (χ1n) is 7.14. The second kappa shape index (κ2) is 6.00. The molecule has 0 fully saturated rings. The highest BCUT2D eigenvalue weighted by Crippen LogP contribution is 2.22. The lowest BCUT2D eigenvalue weighted by molar-refractivity contribution is 0.00630. The summed E-state index contributed by atoms with van der Waals surface area (Å²) in [5.41, 5.74) is 0.158. The maximum absolute atomic E-state index is 12.6. The van der Waals surface area contributed by atoms with Crippen LogP contribution in [-0.4, -0.2) is 35.6 Å². The van der Waals surface area contributed by atoms with E-state index in [4.69, 9.17) is 4.74 Å². The molecule has 9 heteroatoms. The molecule has 124 valence electrons. The lowest BCUT2D eigenvalue weighted by atomic mass is 10.2. The zero-order valence-electron chi connectivity index (χ0n) is 13.3. The van der Waals surface area contributed by atoms with Crippen molar-refractivity contribution in [3.05, 3.63) is 42.0 Å². The van der Waals surface area contributed by atoms with Crippen molar-refractivity contribution < 1.29 is 14.3 Å². The molecule has 3 aromatic rings. The molecule has 0 saturated carbocycles. The van der Waals surface area contributed by atoms with Gasteiger partial charge < -0.3 is 10.1 Å². The Hall–Kier alpha value is -2.81. The van der Waals surface area contributed by atoms with Gasteiger partial charge >= 0.3 is 5.97 Å². The molecule has 0 atom stereocenters. The number of nitrogens with zero attached hydrogens (tertiary/aromatic N) is 4. The second-order valence-corrected chi connectivity index (χ2v) is 6.54. The van der Waals surface area contributed by atoms with Gasteiger partial charge in [-0.15, -0.1) is 0 Å². The third-order valence-electron chi connectivity index (χ3n) is 2.95. The summed E-state index contributed by atoms with van der Waals surface area (Å²) in [6.07, 6.45) is 3.03. The number of pyridine rings is 1. The van der Waals surface area contributed by atoms with Gasteiger partial charge in [0.05, 0.1) is 17.9 Å².